The fourth-order valence-corrected chi connectivity index (χ4v) is 4.20. The lowest BCUT2D eigenvalue weighted by Crippen LogP contribution is -2.47. The molecular weight excluding hydrogens is 246 g/mol. The summed E-state index contributed by atoms with van der Waals surface area (Å²) in [7, 11) is 1.70. The van der Waals surface area contributed by atoms with Gasteiger partial charge in [-0.2, -0.15) is 0 Å². The lowest BCUT2D eigenvalue weighted by Gasteiger charge is -2.40. The van der Waals surface area contributed by atoms with Gasteiger partial charge in [-0.15, -0.1) is 11.3 Å². The molecule has 1 amide bonds. The highest BCUT2D eigenvalue weighted by Crippen LogP contribution is 2.45. The average molecular weight is 267 g/mol. The first-order chi connectivity index (χ1) is 8.32. The van der Waals surface area contributed by atoms with Crippen LogP contribution in [0.2, 0.25) is 0 Å². The smallest absolute Gasteiger partial charge is 0.407 e. The number of carbonyl (C=O) groups is 1. The second kappa shape index (κ2) is 4.57. The predicted octanol–water partition coefficient (Wildman–Crippen LogP) is 3.80. The minimum absolute atomic E-state index is 0.0332. The molecule has 100 valence electrons. The number of thiophene rings is 1. The molecule has 0 spiro atoms. The fraction of sp³-hybridized carbons (Fsp3) is 0.643. The van der Waals surface area contributed by atoms with E-state index in [0.717, 1.165) is 12.8 Å². The highest BCUT2D eigenvalue weighted by Gasteiger charge is 2.41. The summed E-state index contributed by atoms with van der Waals surface area (Å²) in [5.74, 6) is 0.340. The van der Waals surface area contributed by atoms with Gasteiger partial charge in [0.15, 0.2) is 0 Å². The van der Waals surface area contributed by atoms with Gasteiger partial charge in [-0.3, -0.25) is 0 Å². The van der Waals surface area contributed by atoms with Crippen LogP contribution in [0.1, 0.15) is 43.6 Å². The number of carboxylic acid groups (broad SMARTS) is 1. The zero-order chi connectivity index (χ0) is 13.5. The van der Waals surface area contributed by atoms with E-state index in [1.54, 1.807) is 18.4 Å². The number of hydrogen-bond donors (Lipinski definition) is 1. The van der Waals surface area contributed by atoms with Crippen LogP contribution in [0, 0.1) is 5.41 Å². The Morgan fingerprint density at radius 3 is 2.78 bits per heavy atom. The molecule has 1 aromatic heterocycles. The van der Waals surface area contributed by atoms with Gasteiger partial charge in [0.05, 0.1) is 0 Å². The van der Waals surface area contributed by atoms with E-state index in [9.17, 15) is 9.90 Å². The topological polar surface area (TPSA) is 40.5 Å². The Labute approximate surface area is 112 Å². The normalized spacial score (nSPS) is 20.6. The first kappa shape index (κ1) is 13.4. The second-order valence-electron chi connectivity index (χ2n) is 6.15. The Morgan fingerprint density at radius 2 is 2.22 bits per heavy atom. The molecule has 3 nitrogen and oxygen atoms in total. The largest absolute Gasteiger partial charge is 0.465 e. The fourth-order valence-electron chi connectivity index (χ4n) is 3.23. The van der Waals surface area contributed by atoms with Crippen molar-refractivity contribution in [3.05, 3.63) is 21.9 Å². The first-order valence-corrected chi connectivity index (χ1v) is 7.22. The first-order valence-electron chi connectivity index (χ1n) is 6.34. The molecule has 0 bridgehead atoms. The number of likely N-dealkylation sites (N-methyl/N-ethyl adjacent to an activating group) is 1. The van der Waals surface area contributed by atoms with E-state index < -0.39 is 6.09 Å². The number of hydrogen-bond acceptors (Lipinski definition) is 2. The Bertz CT molecular complexity index is 447. The van der Waals surface area contributed by atoms with Gasteiger partial charge in [-0.1, -0.05) is 20.8 Å². The molecule has 1 aliphatic carbocycles. The van der Waals surface area contributed by atoms with Crippen LogP contribution < -0.4 is 0 Å². The van der Waals surface area contributed by atoms with Crippen LogP contribution in [-0.2, 0) is 6.42 Å². The van der Waals surface area contributed by atoms with E-state index in [1.165, 1.54) is 15.3 Å². The summed E-state index contributed by atoms with van der Waals surface area (Å²) >= 11 is 1.80. The van der Waals surface area contributed by atoms with E-state index in [0.29, 0.717) is 5.92 Å². The zero-order valence-electron chi connectivity index (χ0n) is 11.4. The molecule has 2 atom stereocenters. The van der Waals surface area contributed by atoms with Gasteiger partial charge in [0.25, 0.3) is 0 Å². The maximum atomic E-state index is 11.3. The van der Waals surface area contributed by atoms with E-state index in [2.05, 4.69) is 32.2 Å². The molecule has 0 saturated heterocycles. The number of amides is 1. The van der Waals surface area contributed by atoms with Crippen LogP contribution in [0.25, 0.3) is 0 Å². The minimum Gasteiger partial charge on any atom is -0.465 e. The summed E-state index contributed by atoms with van der Waals surface area (Å²) in [5.41, 5.74) is 1.31. The van der Waals surface area contributed by atoms with Crippen LogP contribution >= 0.6 is 11.3 Å². The average Bonchev–Trinajstić information content (AvgIpc) is 2.80. The van der Waals surface area contributed by atoms with Crippen molar-refractivity contribution < 1.29 is 9.90 Å². The van der Waals surface area contributed by atoms with Crippen LogP contribution in [0.4, 0.5) is 4.79 Å². The Balaban J connectivity index is 2.35. The molecule has 18 heavy (non-hydrogen) atoms. The van der Waals surface area contributed by atoms with Crippen LogP contribution in [0.5, 0.6) is 0 Å². The molecule has 1 aliphatic rings. The molecule has 1 N–H and O–H groups in total. The number of fused-ring (bicyclic) bond motifs is 1. The molecule has 4 heteroatoms. The monoisotopic (exact) mass is 267 g/mol. The van der Waals surface area contributed by atoms with Crippen LogP contribution in [-0.4, -0.2) is 29.2 Å². The van der Waals surface area contributed by atoms with Gasteiger partial charge >= 0.3 is 6.09 Å². The maximum Gasteiger partial charge on any atom is 0.407 e. The van der Waals surface area contributed by atoms with Gasteiger partial charge in [-0.25, -0.2) is 4.79 Å². The molecule has 1 heterocycles. The third-order valence-corrected chi connectivity index (χ3v) is 4.85. The lowest BCUT2D eigenvalue weighted by atomic mass is 9.76. The van der Waals surface area contributed by atoms with Crippen molar-refractivity contribution in [1.29, 1.82) is 0 Å². The molecule has 0 radical (unpaired) electrons. The SMILES string of the molecule is CN(C(=O)O)C(C1CCc2sccc21)C(C)(C)C. The number of nitrogens with zero attached hydrogens (tertiary/aromatic N) is 1. The van der Waals surface area contributed by atoms with Crippen molar-refractivity contribution in [3.63, 3.8) is 0 Å². The summed E-state index contributed by atoms with van der Waals surface area (Å²) < 4.78 is 0. The zero-order valence-corrected chi connectivity index (χ0v) is 12.3. The van der Waals surface area contributed by atoms with E-state index in [-0.39, 0.29) is 11.5 Å². The maximum absolute atomic E-state index is 11.3. The quantitative estimate of drug-likeness (QED) is 0.885. The Kier molecular flexibility index (Phi) is 3.41. The Hall–Kier alpha value is -1.03. The van der Waals surface area contributed by atoms with Crippen molar-refractivity contribution in [2.24, 2.45) is 5.41 Å². The van der Waals surface area contributed by atoms with Gasteiger partial charge < -0.3 is 10.0 Å². The molecule has 0 fully saturated rings. The predicted molar refractivity (Wildman–Crippen MR) is 74.4 cm³/mol. The number of aryl methyl sites for hydroxylation is 1. The van der Waals surface area contributed by atoms with Crippen molar-refractivity contribution >= 4 is 17.4 Å². The van der Waals surface area contributed by atoms with Crippen LogP contribution in [0.3, 0.4) is 0 Å². The molecule has 0 saturated carbocycles. The molecule has 0 aromatic carbocycles. The lowest BCUT2D eigenvalue weighted by molar-refractivity contribution is 0.0841. The summed E-state index contributed by atoms with van der Waals surface area (Å²) in [6.07, 6.45) is 1.33. The van der Waals surface area contributed by atoms with E-state index in [1.807, 2.05) is 0 Å². The molecule has 1 aromatic rings. The van der Waals surface area contributed by atoms with Gasteiger partial charge in [-0.05, 0) is 35.3 Å². The number of rotatable bonds is 2. The standard InChI is InChI=1S/C14H21NO2S/c1-14(2,3)12(15(4)13(16)17)10-5-6-11-9(10)7-8-18-11/h7-8,10,12H,5-6H2,1-4H3,(H,16,17). The molecule has 0 aliphatic heterocycles. The van der Waals surface area contributed by atoms with Gasteiger partial charge in [0.2, 0.25) is 0 Å². The molecule has 2 unspecified atom stereocenters. The van der Waals surface area contributed by atoms with Crippen molar-refractivity contribution in [1.82, 2.24) is 4.90 Å². The van der Waals surface area contributed by atoms with E-state index >= 15 is 0 Å². The molecular formula is C14H21NO2S. The highest BCUT2D eigenvalue weighted by molar-refractivity contribution is 7.10. The highest BCUT2D eigenvalue weighted by atomic mass is 32.1. The van der Waals surface area contributed by atoms with Gasteiger partial charge in [0, 0.05) is 23.9 Å². The summed E-state index contributed by atoms with van der Waals surface area (Å²) in [6, 6.07) is 2.21. The van der Waals surface area contributed by atoms with Crippen molar-refractivity contribution in [3.8, 4) is 0 Å². The second-order valence-corrected chi connectivity index (χ2v) is 7.15. The molecule has 2 rings (SSSR count). The van der Waals surface area contributed by atoms with E-state index in [4.69, 9.17) is 0 Å². The van der Waals surface area contributed by atoms with Gasteiger partial charge in [0.1, 0.15) is 0 Å². The summed E-state index contributed by atoms with van der Waals surface area (Å²) in [4.78, 5) is 14.3. The third kappa shape index (κ3) is 2.26. The van der Waals surface area contributed by atoms with Crippen molar-refractivity contribution in [2.75, 3.05) is 7.05 Å². The minimum atomic E-state index is -0.835. The third-order valence-electron chi connectivity index (χ3n) is 3.85. The van der Waals surface area contributed by atoms with Crippen molar-refractivity contribution in [2.45, 2.75) is 45.6 Å². The Morgan fingerprint density at radius 1 is 1.56 bits per heavy atom. The summed E-state index contributed by atoms with van der Waals surface area (Å²) in [5, 5.41) is 11.4. The van der Waals surface area contributed by atoms with Crippen LogP contribution in [0.15, 0.2) is 11.4 Å². The summed E-state index contributed by atoms with van der Waals surface area (Å²) in [6.45, 7) is 6.38.